The fourth-order valence-electron chi connectivity index (χ4n) is 2.44. The first-order valence-electron chi connectivity index (χ1n) is 6.94. The number of amides is 3. The SMILES string of the molecule is CCNC(=O)NC(=O)C(C)N1CCC(C)CC1C(=O)O. The van der Waals surface area contributed by atoms with Crippen LogP contribution in [0.15, 0.2) is 0 Å². The number of nitrogens with one attached hydrogen (secondary N) is 2. The zero-order valence-electron chi connectivity index (χ0n) is 12.2. The number of hydrogen-bond acceptors (Lipinski definition) is 4. The van der Waals surface area contributed by atoms with Crippen LogP contribution in [-0.4, -0.2) is 53.1 Å². The number of rotatable bonds is 4. The number of carbonyl (C=O) groups is 3. The van der Waals surface area contributed by atoms with Crippen molar-refractivity contribution in [1.29, 1.82) is 0 Å². The van der Waals surface area contributed by atoms with Gasteiger partial charge in [-0.05, 0) is 32.6 Å². The molecule has 0 aromatic carbocycles. The molecule has 3 atom stereocenters. The fourth-order valence-corrected chi connectivity index (χ4v) is 2.44. The second-order valence-electron chi connectivity index (χ2n) is 5.25. The van der Waals surface area contributed by atoms with E-state index in [1.54, 1.807) is 18.7 Å². The maximum atomic E-state index is 12.0. The molecule has 7 heteroatoms. The largest absolute Gasteiger partial charge is 0.480 e. The van der Waals surface area contributed by atoms with Gasteiger partial charge in [-0.1, -0.05) is 6.92 Å². The van der Waals surface area contributed by atoms with Gasteiger partial charge in [0.05, 0.1) is 6.04 Å². The first-order chi connectivity index (χ1) is 9.36. The van der Waals surface area contributed by atoms with Gasteiger partial charge in [-0.3, -0.25) is 19.8 Å². The molecule has 0 aromatic rings. The van der Waals surface area contributed by atoms with Gasteiger partial charge in [0, 0.05) is 13.1 Å². The maximum absolute atomic E-state index is 12.0. The van der Waals surface area contributed by atoms with Gasteiger partial charge in [0.25, 0.3) is 0 Å². The molecule has 0 radical (unpaired) electrons. The van der Waals surface area contributed by atoms with Crippen molar-refractivity contribution in [3.8, 4) is 0 Å². The Balaban J connectivity index is 2.68. The van der Waals surface area contributed by atoms with E-state index in [0.717, 1.165) is 6.42 Å². The lowest BCUT2D eigenvalue weighted by Crippen LogP contribution is -2.56. The zero-order chi connectivity index (χ0) is 15.3. The van der Waals surface area contributed by atoms with E-state index in [4.69, 9.17) is 0 Å². The predicted octanol–water partition coefficient (Wildman–Crippen LogP) is 0.406. The highest BCUT2D eigenvalue weighted by molar-refractivity contribution is 5.97. The van der Waals surface area contributed by atoms with Crippen molar-refractivity contribution < 1.29 is 19.5 Å². The molecule has 3 N–H and O–H groups in total. The molecule has 0 spiro atoms. The molecule has 20 heavy (non-hydrogen) atoms. The van der Waals surface area contributed by atoms with Gasteiger partial charge >= 0.3 is 12.0 Å². The van der Waals surface area contributed by atoms with E-state index in [1.807, 2.05) is 6.92 Å². The summed E-state index contributed by atoms with van der Waals surface area (Å²) in [5.74, 6) is -1.07. The summed E-state index contributed by atoms with van der Waals surface area (Å²) in [4.78, 5) is 36.3. The number of carbonyl (C=O) groups excluding carboxylic acids is 2. The molecular weight excluding hydrogens is 262 g/mol. The van der Waals surface area contributed by atoms with Gasteiger partial charge in [0.1, 0.15) is 6.04 Å². The number of hydrogen-bond donors (Lipinski definition) is 3. The van der Waals surface area contributed by atoms with E-state index in [-0.39, 0.29) is 0 Å². The fraction of sp³-hybridized carbons (Fsp3) is 0.769. The van der Waals surface area contributed by atoms with Crippen molar-refractivity contribution in [3.63, 3.8) is 0 Å². The molecule has 1 aliphatic rings. The molecule has 3 unspecified atom stereocenters. The lowest BCUT2D eigenvalue weighted by atomic mass is 9.91. The van der Waals surface area contributed by atoms with Gasteiger partial charge in [0.15, 0.2) is 0 Å². The second-order valence-corrected chi connectivity index (χ2v) is 5.25. The number of urea groups is 1. The van der Waals surface area contributed by atoms with Gasteiger partial charge in [0.2, 0.25) is 5.91 Å². The number of carboxylic acid groups (broad SMARTS) is 1. The van der Waals surface area contributed by atoms with Crippen molar-refractivity contribution in [2.45, 2.75) is 45.7 Å². The van der Waals surface area contributed by atoms with E-state index >= 15 is 0 Å². The molecule has 1 rings (SSSR count). The zero-order valence-corrected chi connectivity index (χ0v) is 12.2. The van der Waals surface area contributed by atoms with Crippen LogP contribution in [0.2, 0.25) is 0 Å². The first kappa shape index (κ1) is 16.4. The van der Waals surface area contributed by atoms with Crippen LogP contribution in [0.1, 0.15) is 33.6 Å². The Morgan fingerprint density at radius 3 is 2.60 bits per heavy atom. The Morgan fingerprint density at radius 1 is 1.40 bits per heavy atom. The molecule has 0 aromatic heterocycles. The highest BCUT2D eigenvalue weighted by Gasteiger charge is 2.37. The number of imide groups is 1. The summed E-state index contributed by atoms with van der Waals surface area (Å²) in [5, 5.41) is 14.0. The molecule has 1 fully saturated rings. The summed E-state index contributed by atoms with van der Waals surface area (Å²) >= 11 is 0. The molecular formula is C13H23N3O4. The Hall–Kier alpha value is -1.63. The van der Waals surface area contributed by atoms with E-state index in [0.29, 0.717) is 25.4 Å². The molecule has 1 aliphatic heterocycles. The molecule has 7 nitrogen and oxygen atoms in total. The third-order valence-corrected chi connectivity index (χ3v) is 3.64. The van der Waals surface area contributed by atoms with Gasteiger partial charge in [-0.25, -0.2) is 4.79 Å². The van der Waals surface area contributed by atoms with Crippen molar-refractivity contribution in [2.24, 2.45) is 5.92 Å². The molecule has 0 bridgehead atoms. The second kappa shape index (κ2) is 7.23. The van der Waals surface area contributed by atoms with E-state index < -0.39 is 30.0 Å². The topological polar surface area (TPSA) is 98.7 Å². The number of aliphatic carboxylic acids is 1. The van der Waals surface area contributed by atoms with Gasteiger partial charge in [-0.15, -0.1) is 0 Å². The molecule has 0 saturated carbocycles. The van der Waals surface area contributed by atoms with E-state index in [2.05, 4.69) is 10.6 Å². The minimum Gasteiger partial charge on any atom is -0.480 e. The average molecular weight is 285 g/mol. The molecule has 3 amide bonds. The van der Waals surface area contributed by atoms with Crippen LogP contribution in [0.25, 0.3) is 0 Å². The van der Waals surface area contributed by atoms with Crippen LogP contribution < -0.4 is 10.6 Å². The summed E-state index contributed by atoms with van der Waals surface area (Å²) < 4.78 is 0. The van der Waals surface area contributed by atoms with Crippen LogP contribution in [-0.2, 0) is 9.59 Å². The monoisotopic (exact) mass is 285 g/mol. The number of nitrogens with zero attached hydrogens (tertiary/aromatic N) is 1. The predicted molar refractivity (Wildman–Crippen MR) is 73.2 cm³/mol. The Bertz CT molecular complexity index is 386. The number of piperidine rings is 1. The summed E-state index contributed by atoms with van der Waals surface area (Å²) in [5.41, 5.74) is 0. The minimum atomic E-state index is -0.922. The highest BCUT2D eigenvalue weighted by Crippen LogP contribution is 2.24. The lowest BCUT2D eigenvalue weighted by Gasteiger charge is -2.38. The van der Waals surface area contributed by atoms with Crippen LogP contribution in [0, 0.1) is 5.92 Å². The quantitative estimate of drug-likeness (QED) is 0.694. The molecule has 0 aliphatic carbocycles. The summed E-state index contributed by atoms with van der Waals surface area (Å²) in [6.45, 7) is 6.35. The van der Waals surface area contributed by atoms with Crippen molar-refractivity contribution >= 4 is 17.9 Å². The van der Waals surface area contributed by atoms with Crippen molar-refractivity contribution in [3.05, 3.63) is 0 Å². The van der Waals surface area contributed by atoms with Gasteiger partial charge < -0.3 is 10.4 Å². The standard InChI is InChI=1S/C13H23N3O4/c1-4-14-13(20)15-11(17)9(3)16-6-5-8(2)7-10(16)12(18)19/h8-10H,4-7H2,1-3H3,(H,18,19)(H2,14,15,17,20). The first-order valence-corrected chi connectivity index (χ1v) is 6.94. The lowest BCUT2D eigenvalue weighted by molar-refractivity contribution is -0.147. The van der Waals surface area contributed by atoms with E-state index in [9.17, 15) is 19.5 Å². The molecule has 1 heterocycles. The Morgan fingerprint density at radius 2 is 2.05 bits per heavy atom. The van der Waals surface area contributed by atoms with Crippen LogP contribution >= 0.6 is 0 Å². The van der Waals surface area contributed by atoms with Crippen LogP contribution in [0.4, 0.5) is 4.79 Å². The summed E-state index contributed by atoms with van der Waals surface area (Å²) in [6, 6.07) is -1.87. The number of likely N-dealkylation sites (tertiary alicyclic amines) is 1. The van der Waals surface area contributed by atoms with Crippen molar-refractivity contribution in [1.82, 2.24) is 15.5 Å². The Kier molecular flexibility index (Phi) is 5.94. The molecule has 1 saturated heterocycles. The normalized spacial score (nSPS) is 24.8. The van der Waals surface area contributed by atoms with Gasteiger partial charge in [-0.2, -0.15) is 0 Å². The van der Waals surface area contributed by atoms with Crippen LogP contribution in [0.3, 0.4) is 0 Å². The van der Waals surface area contributed by atoms with E-state index in [1.165, 1.54) is 0 Å². The van der Waals surface area contributed by atoms with Crippen molar-refractivity contribution in [2.75, 3.05) is 13.1 Å². The molecule has 114 valence electrons. The minimum absolute atomic E-state index is 0.325. The Labute approximate surface area is 118 Å². The average Bonchev–Trinajstić information content (AvgIpc) is 2.37. The smallest absolute Gasteiger partial charge is 0.321 e. The maximum Gasteiger partial charge on any atom is 0.321 e. The summed E-state index contributed by atoms with van der Waals surface area (Å²) in [6.07, 6.45) is 1.37. The number of carboxylic acids is 1. The summed E-state index contributed by atoms with van der Waals surface area (Å²) in [7, 11) is 0. The highest BCUT2D eigenvalue weighted by atomic mass is 16.4. The third kappa shape index (κ3) is 4.19. The van der Waals surface area contributed by atoms with Crippen LogP contribution in [0.5, 0.6) is 0 Å². The third-order valence-electron chi connectivity index (χ3n) is 3.64.